The Morgan fingerprint density at radius 3 is 2.74 bits per heavy atom. The number of nitrogens with zero attached hydrogens (tertiary/aromatic N) is 1. The minimum Gasteiger partial charge on any atom is -0.323 e. The van der Waals surface area contributed by atoms with Gasteiger partial charge in [-0.15, -0.1) is 0 Å². The number of nitrogens with one attached hydrogen (secondary N) is 1. The number of sulfone groups is 1. The van der Waals surface area contributed by atoms with Crippen molar-refractivity contribution in [2.75, 3.05) is 24.7 Å². The molecule has 0 radical (unpaired) electrons. The number of carbonyl (C=O) groups is 1. The molecule has 19 heavy (non-hydrogen) atoms. The molecule has 1 aromatic rings. The van der Waals surface area contributed by atoms with Crippen LogP contribution in [0.3, 0.4) is 0 Å². The maximum Gasteiger partial charge on any atom is 0.321 e. The molecule has 1 aliphatic rings. The largest absolute Gasteiger partial charge is 0.323 e. The number of hydrogen-bond donors (Lipinski definition) is 1. The lowest BCUT2D eigenvalue weighted by Crippen LogP contribution is -2.34. The summed E-state index contributed by atoms with van der Waals surface area (Å²) in [5, 5.41) is 2.35. The molecule has 104 valence electrons. The van der Waals surface area contributed by atoms with Crippen molar-refractivity contribution in [3.05, 3.63) is 29.8 Å². The Bertz CT molecular complexity index is 583. The van der Waals surface area contributed by atoms with E-state index in [1.54, 1.807) is 4.90 Å². The van der Waals surface area contributed by atoms with Crippen LogP contribution in [0.4, 0.5) is 10.5 Å². The lowest BCUT2D eigenvalue weighted by molar-refractivity contribution is 0.222. The number of rotatable bonds is 2. The summed E-state index contributed by atoms with van der Waals surface area (Å²) in [6.45, 7) is 2.71. The summed E-state index contributed by atoms with van der Waals surface area (Å²) in [6, 6.07) is 7.27. The molecule has 1 aliphatic heterocycles. The van der Waals surface area contributed by atoms with Crippen molar-refractivity contribution in [3.8, 4) is 0 Å². The van der Waals surface area contributed by atoms with E-state index in [1.807, 2.05) is 31.2 Å². The molecule has 1 aromatic carbocycles. The Kier molecular flexibility index (Phi) is 3.80. The minimum atomic E-state index is -3.07. The van der Waals surface area contributed by atoms with Gasteiger partial charge in [-0.1, -0.05) is 12.1 Å². The summed E-state index contributed by atoms with van der Waals surface area (Å²) in [7, 11) is -3.07. The second kappa shape index (κ2) is 5.21. The van der Waals surface area contributed by atoms with Gasteiger partial charge in [0.05, 0.1) is 5.25 Å². The second-order valence-electron chi connectivity index (χ2n) is 4.99. The number of urea groups is 1. The average molecular weight is 282 g/mol. The minimum absolute atomic E-state index is 0.239. The van der Waals surface area contributed by atoms with E-state index in [0.29, 0.717) is 13.0 Å². The normalized spacial score (nSPS) is 19.5. The van der Waals surface area contributed by atoms with Crippen molar-refractivity contribution in [1.82, 2.24) is 4.90 Å². The standard InChI is InChI=1S/C13H18N2O3S/c1-10-4-3-5-11(8-10)14-13(16)15-7-6-12(9-15)19(2,17)18/h3-5,8,12H,6-7,9H2,1-2H3,(H,14,16). The zero-order valence-corrected chi connectivity index (χ0v) is 11.9. The predicted octanol–water partition coefficient (Wildman–Crippen LogP) is 1.65. The first-order valence-corrected chi connectivity index (χ1v) is 8.13. The number of aryl methyl sites for hydroxylation is 1. The van der Waals surface area contributed by atoms with Crippen LogP contribution in [0.15, 0.2) is 24.3 Å². The van der Waals surface area contributed by atoms with Crippen LogP contribution < -0.4 is 5.32 Å². The summed E-state index contributed by atoms with van der Waals surface area (Å²) in [5.74, 6) is 0. The molecule has 1 heterocycles. The first-order valence-electron chi connectivity index (χ1n) is 6.18. The number of hydrogen-bond acceptors (Lipinski definition) is 3. The molecule has 1 fully saturated rings. The number of likely N-dealkylation sites (tertiary alicyclic amines) is 1. The molecule has 6 heteroatoms. The van der Waals surface area contributed by atoms with Gasteiger partial charge in [-0.3, -0.25) is 0 Å². The number of anilines is 1. The molecule has 0 saturated carbocycles. The molecule has 1 unspecified atom stereocenters. The Balaban J connectivity index is 1.99. The highest BCUT2D eigenvalue weighted by molar-refractivity contribution is 7.91. The monoisotopic (exact) mass is 282 g/mol. The zero-order valence-electron chi connectivity index (χ0n) is 11.1. The van der Waals surface area contributed by atoms with E-state index in [4.69, 9.17) is 0 Å². The Morgan fingerprint density at radius 2 is 2.16 bits per heavy atom. The van der Waals surface area contributed by atoms with Gasteiger partial charge in [0.25, 0.3) is 0 Å². The first-order chi connectivity index (χ1) is 8.86. The molecule has 1 N–H and O–H groups in total. The van der Waals surface area contributed by atoms with Crippen molar-refractivity contribution in [3.63, 3.8) is 0 Å². The maximum absolute atomic E-state index is 12.0. The van der Waals surface area contributed by atoms with Crippen LogP contribution in [-0.2, 0) is 9.84 Å². The summed E-state index contributed by atoms with van der Waals surface area (Å²) in [5.41, 5.74) is 1.79. The third-order valence-corrected chi connectivity index (χ3v) is 4.90. The highest BCUT2D eigenvalue weighted by Gasteiger charge is 2.32. The van der Waals surface area contributed by atoms with E-state index >= 15 is 0 Å². The van der Waals surface area contributed by atoms with Crippen LogP contribution in [0, 0.1) is 6.92 Å². The maximum atomic E-state index is 12.0. The molecule has 1 atom stereocenters. The summed E-state index contributed by atoms with van der Waals surface area (Å²) in [4.78, 5) is 13.6. The summed E-state index contributed by atoms with van der Waals surface area (Å²) in [6.07, 6.45) is 1.74. The fraction of sp³-hybridized carbons (Fsp3) is 0.462. The van der Waals surface area contributed by atoms with E-state index in [1.165, 1.54) is 6.26 Å². The van der Waals surface area contributed by atoms with Gasteiger partial charge in [-0.05, 0) is 31.0 Å². The molecule has 2 amide bonds. The van der Waals surface area contributed by atoms with Crippen molar-refractivity contribution in [2.45, 2.75) is 18.6 Å². The Morgan fingerprint density at radius 1 is 1.42 bits per heavy atom. The Hall–Kier alpha value is -1.56. The van der Waals surface area contributed by atoms with Crippen LogP contribution in [0.25, 0.3) is 0 Å². The van der Waals surface area contributed by atoms with Crippen LogP contribution in [0.1, 0.15) is 12.0 Å². The predicted molar refractivity (Wildman–Crippen MR) is 75.0 cm³/mol. The molecule has 2 rings (SSSR count). The zero-order chi connectivity index (χ0) is 14.0. The van der Waals surface area contributed by atoms with Crippen molar-refractivity contribution < 1.29 is 13.2 Å². The topological polar surface area (TPSA) is 66.5 Å². The van der Waals surface area contributed by atoms with Gasteiger partial charge >= 0.3 is 6.03 Å². The van der Waals surface area contributed by atoms with Crippen molar-refractivity contribution >= 4 is 21.6 Å². The van der Waals surface area contributed by atoms with Gasteiger partial charge in [0.1, 0.15) is 0 Å². The second-order valence-corrected chi connectivity index (χ2v) is 7.31. The number of amides is 2. The van der Waals surface area contributed by atoms with E-state index in [2.05, 4.69) is 5.32 Å². The molecule has 0 spiro atoms. The first kappa shape index (κ1) is 13.9. The van der Waals surface area contributed by atoms with Crippen molar-refractivity contribution in [2.24, 2.45) is 0 Å². The molecule has 1 saturated heterocycles. The van der Waals surface area contributed by atoms with Crippen LogP contribution in [0.2, 0.25) is 0 Å². The van der Waals surface area contributed by atoms with E-state index in [9.17, 15) is 13.2 Å². The third kappa shape index (κ3) is 3.47. The van der Waals surface area contributed by atoms with Gasteiger partial charge in [0, 0.05) is 25.0 Å². The highest BCUT2D eigenvalue weighted by Crippen LogP contribution is 2.18. The van der Waals surface area contributed by atoms with E-state index in [0.717, 1.165) is 11.3 Å². The summed E-state index contributed by atoms with van der Waals surface area (Å²) >= 11 is 0. The molecule has 0 aliphatic carbocycles. The number of benzene rings is 1. The highest BCUT2D eigenvalue weighted by atomic mass is 32.2. The lowest BCUT2D eigenvalue weighted by Gasteiger charge is -2.17. The van der Waals surface area contributed by atoms with Crippen molar-refractivity contribution in [1.29, 1.82) is 0 Å². The summed E-state index contributed by atoms with van der Waals surface area (Å²) < 4.78 is 22.9. The molecule has 0 aromatic heterocycles. The van der Waals surface area contributed by atoms with Crippen LogP contribution in [0.5, 0.6) is 0 Å². The van der Waals surface area contributed by atoms with E-state index in [-0.39, 0.29) is 12.6 Å². The fourth-order valence-electron chi connectivity index (χ4n) is 2.19. The SMILES string of the molecule is Cc1cccc(NC(=O)N2CCC(S(C)(=O)=O)C2)c1. The van der Waals surface area contributed by atoms with Gasteiger partial charge in [-0.25, -0.2) is 13.2 Å². The lowest BCUT2D eigenvalue weighted by atomic mass is 10.2. The molecular formula is C13H18N2O3S. The average Bonchev–Trinajstić information content (AvgIpc) is 2.77. The van der Waals surface area contributed by atoms with Gasteiger partial charge < -0.3 is 10.2 Å². The van der Waals surface area contributed by atoms with Gasteiger partial charge in [0.15, 0.2) is 9.84 Å². The van der Waals surface area contributed by atoms with Crippen LogP contribution in [-0.4, -0.2) is 43.9 Å². The quantitative estimate of drug-likeness (QED) is 0.897. The van der Waals surface area contributed by atoms with E-state index < -0.39 is 15.1 Å². The third-order valence-electron chi connectivity index (χ3n) is 3.31. The molecule has 0 bridgehead atoms. The molecular weight excluding hydrogens is 264 g/mol. The Labute approximate surface area is 113 Å². The van der Waals surface area contributed by atoms with Crippen LogP contribution >= 0.6 is 0 Å². The fourth-order valence-corrected chi connectivity index (χ4v) is 3.17. The molecule has 5 nitrogen and oxygen atoms in total. The van der Waals surface area contributed by atoms with Gasteiger partial charge in [0.2, 0.25) is 0 Å². The number of carbonyl (C=O) groups excluding carboxylic acids is 1. The van der Waals surface area contributed by atoms with Gasteiger partial charge in [-0.2, -0.15) is 0 Å². The smallest absolute Gasteiger partial charge is 0.321 e.